The molecule has 0 spiro atoms. The summed E-state index contributed by atoms with van der Waals surface area (Å²) in [6.07, 6.45) is 9.21. The van der Waals surface area contributed by atoms with Crippen molar-refractivity contribution in [2.45, 2.75) is 11.8 Å². The van der Waals surface area contributed by atoms with Crippen molar-refractivity contribution in [2.75, 3.05) is 11.2 Å². The fourth-order valence-electron chi connectivity index (χ4n) is 2.59. The van der Waals surface area contributed by atoms with Crippen molar-refractivity contribution >= 4 is 46.8 Å². The summed E-state index contributed by atoms with van der Waals surface area (Å²) < 4.78 is 0. The molecule has 0 fully saturated rings. The number of benzene rings is 1. The van der Waals surface area contributed by atoms with E-state index in [0.717, 1.165) is 16.1 Å². The highest BCUT2D eigenvalue weighted by molar-refractivity contribution is 7.99. The van der Waals surface area contributed by atoms with E-state index in [4.69, 9.17) is 6.42 Å². The van der Waals surface area contributed by atoms with Gasteiger partial charge in [0, 0.05) is 5.38 Å². The minimum absolute atomic E-state index is 0.247. The molecule has 23 heavy (non-hydrogen) atoms. The van der Waals surface area contributed by atoms with Crippen LogP contribution in [0.1, 0.15) is 27.7 Å². The summed E-state index contributed by atoms with van der Waals surface area (Å²) >= 11 is 3.18. The third kappa shape index (κ3) is 2.33. The van der Waals surface area contributed by atoms with Crippen LogP contribution in [0.5, 0.6) is 0 Å². The molecule has 116 valence electrons. The van der Waals surface area contributed by atoms with Crippen LogP contribution < -0.4 is 4.90 Å². The minimum atomic E-state index is -0.959. The smallest absolute Gasteiger partial charge is 0.337 e. The predicted molar refractivity (Wildman–Crippen MR) is 97.2 cm³/mol. The van der Waals surface area contributed by atoms with Gasteiger partial charge in [-0.15, -0.1) is 29.5 Å². The normalized spacial score (nSPS) is 19.3. The number of nitrogens with zero attached hydrogens (tertiary/aromatic N) is 2. The van der Waals surface area contributed by atoms with E-state index in [2.05, 4.69) is 17.8 Å². The Morgan fingerprint density at radius 2 is 2.22 bits per heavy atom. The van der Waals surface area contributed by atoms with Gasteiger partial charge in [0.2, 0.25) is 0 Å². The summed E-state index contributed by atoms with van der Waals surface area (Å²) in [7, 11) is 0. The maximum Gasteiger partial charge on any atom is 0.337 e. The van der Waals surface area contributed by atoms with Crippen molar-refractivity contribution in [3.8, 4) is 12.3 Å². The summed E-state index contributed by atoms with van der Waals surface area (Å²) in [4.78, 5) is 18.5. The molecule has 6 heteroatoms. The Balaban J connectivity index is 2.20. The number of para-hydroxylation sites is 1. The quantitative estimate of drug-likeness (QED) is 0.852. The summed E-state index contributed by atoms with van der Waals surface area (Å²) in [5.74, 6) is 1.70. The van der Waals surface area contributed by atoms with Crippen LogP contribution in [0.2, 0.25) is 0 Å². The molecule has 1 aromatic heterocycles. The zero-order chi connectivity index (χ0) is 16.6. The lowest BCUT2D eigenvalue weighted by Crippen LogP contribution is -2.42. The number of terminal acetylenes is 1. The van der Waals surface area contributed by atoms with Crippen molar-refractivity contribution in [1.29, 1.82) is 0 Å². The van der Waals surface area contributed by atoms with Crippen LogP contribution in [0.25, 0.3) is 0 Å². The topological polar surface area (TPSA) is 52.9 Å². The van der Waals surface area contributed by atoms with Crippen molar-refractivity contribution in [1.82, 2.24) is 0 Å². The number of aromatic carboxylic acids is 1. The SMILES string of the molecule is C#Cc1csc2c1N=CN(c1ccccc1C(=O)O)C2(C)SC. The van der Waals surface area contributed by atoms with E-state index >= 15 is 0 Å². The highest BCUT2D eigenvalue weighted by Gasteiger charge is 2.40. The largest absolute Gasteiger partial charge is 0.478 e. The van der Waals surface area contributed by atoms with E-state index in [1.807, 2.05) is 22.6 Å². The van der Waals surface area contributed by atoms with Gasteiger partial charge >= 0.3 is 5.97 Å². The molecule has 0 bridgehead atoms. The van der Waals surface area contributed by atoms with Gasteiger partial charge in [-0.2, -0.15) is 0 Å². The van der Waals surface area contributed by atoms with Crippen molar-refractivity contribution < 1.29 is 9.90 Å². The monoisotopic (exact) mass is 342 g/mol. The Bertz CT molecular complexity index is 851. The fraction of sp³-hybridized carbons (Fsp3) is 0.176. The van der Waals surface area contributed by atoms with Gasteiger partial charge in [0.25, 0.3) is 0 Å². The Morgan fingerprint density at radius 1 is 1.48 bits per heavy atom. The summed E-state index contributed by atoms with van der Waals surface area (Å²) in [5, 5.41) is 11.4. The van der Waals surface area contributed by atoms with E-state index in [1.165, 1.54) is 0 Å². The molecular weight excluding hydrogens is 328 g/mol. The van der Waals surface area contributed by atoms with Crippen LogP contribution in [0.4, 0.5) is 11.4 Å². The Kier molecular flexibility index (Phi) is 3.92. The molecule has 0 saturated heterocycles. The Labute approximate surface area is 142 Å². The van der Waals surface area contributed by atoms with Gasteiger partial charge in [-0.1, -0.05) is 18.1 Å². The first-order valence-electron chi connectivity index (χ1n) is 6.82. The summed E-state index contributed by atoms with van der Waals surface area (Å²) in [5.41, 5.74) is 2.43. The fourth-order valence-corrected chi connectivity index (χ4v) is 4.62. The van der Waals surface area contributed by atoms with Crippen molar-refractivity contribution in [3.63, 3.8) is 0 Å². The zero-order valence-corrected chi connectivity index (χ0v) is 14.2. The molecule has 4 nitrogen and oxygen atoms in total. The summed E-state index contributed by atoms with van der Waals surface area (Å²) in [6.45, 7) is 2.05. The highest BCUT2D eigenvalue weighted by atomic mass is 32.2. The molecule has 0 saturated carbocycles. The number of thioether (sulfide) groups is 1. The maximum absolute atomic E-state index is 11.6. The molecule has 1 N–H and O–H groups in total. The third-order valence-electron chi connectivity index (χ3n) is 3.90. The number of carbonyl (C=O) groups is 1. The molecule has 2 aromatic rings. The van der Waals surface area contributed by atoms with E-state index in [-0.39, 0.29) is 5.56 Å². The molecule has 3 rings (SSSR count). The van der Waals surface area contributed by atoms with Crippen LogP contribution in [-0.4, -0.2) is 23.7 Å². The van der Waals surface area contributed by atoms with Crippen LogP contribution in [0.3, 0.4) is 0 Å². The number of carboxylic acid groups (broad SMARTS) is 1. The molecule has 2 heterocycles. The molecule has 1 aliphatic heterocycles. The van der Waals surface area contributed by atoms with Gasteiger partial charge < -0.3 is 10.0 Å². The van der Waals surface area contributed by atoms with Crippen LogP contribution >= 0.6 is 23.1 Å². The predicted octanol–water partition coefficient (Wildman–Crippen LogP) is 4.14. The number of thiophene rings is 1. The van der Waals surface area contributed by atoms with Crippen LogP contribution in [0, 0.1) is 12.3 Å². The number of hydrogen-bond donors (Lipinski definition) is 1. The number of carboxylic acids is 1. The van der Waals surface area contributed by atoms with Gasteiger partial charge in [-0.25, -0.2) is 9.79 Å². The van der Waals surface area contributed by atoms with Gasteiger partial charge in [0.05, 0.1) is 33.7 Å². The molecule has 1 unspecified atom stereocenters. The highest BCUT2D eigenvalue weighted by Crippen LogP contribution is 2.50. The first-order valence-corrected chi connectivity index (χ1v) is 8.93. The molecule has 0 aliphatic carbocycles. The van der Waals surface area contributed by atoms with E-state index in [1.54, 1.807) is 47.6 Å². The molecule has 0 radical (unpaired) electrons. The zero-order valence-electron chi connectivity index (χ0n) is 12.6. The molecular formula is C17H14N2O2S2. The number of rotatable bonds is 3. The number of aliphatic imine (C=N–C) groups is 1. The van der Waals surface area contributed by atoms with Gasteiger partial charge in [-0.05, 0) is 25.3 Å². The lowest BCUT2D eigenvalue weighted by molar-refractivity contribution is 0.0697. The second kappa shape index (κ2) is 5.76. The Hall–Kier alpha value is -2.23. The standard InChI is InChI=1S/C17H14N2O2S2/c1-4-11-9-23-15-14(11)18-10-19(17(15,2)22-3)13-8-6-5-7-12(13)16(20)21/h1,5-10H,2-3H3,(H,20,21). The molecule has 1 aromatic carbocycles. The van der Waals surface area contributed by atoms with Crippen LogP contribution in [0.15, 0.2) is 34.6 Å². The second-order valence-corrected chi connectivity index (χ2v) is 7.18. The number of anilines is 1. The third-order valence-corrected chi connectivity index (χ3v) is 6.40. The second-order valence-electron chi connectivity index (χ2n) is 5.10. The van der Waals surface area contributed by atoms with E-state index in [9.17, 15) is 9.90 Å². The average Bonchev–Trinajstić information content (AvgIpc) is 2.99. The molecule has 0 amide bonds. The first kappa shape index (κ1) is 15.7. The summed E-state index contributed by atoms with van der Waals surface area (Å²) in [6, 6.07) is 6.94. The lowest BCUT2D eigenvalue weighted by atomic mass is 10.1. The van der Waals surface area contributed by atoms with Gasteiger partial charge in [-0.3, -0.25) is 0 Å². The van der Waals surface area contributed by atoms with E-state index in [0.29, 0.717) is 5.69 Å². The van der Waals surface area contributed by atoms with Gasteiger partial charge in [0.1, 0.15) is 4.87 Å². The van der Waals surface area contributed by atoms with Crippen molar-refractivity contribution in [3.05, 3.63) is 45.6 Å². The van der Waals surface area contributed by atoms with Gasteiger partial charge in [0.15, 0.2) is 0 Å². The molecule has 1 aliphatic rings. The first-order chi connectivity index (χ1) is 11.0. The number of hydrogen-bond acceptors (Lipinski definition) is 5. The Morgan fingerprint density at radius 3 is 2.87 bits per heavy atom. The van der Waals surface area contributed by atoms with Crippen LogP contribution in [-0.2, 0) is 4.87 Å². The molecule has 1 atom stereocenters. The minimum Gasteiger partial charge on any atom is -0.478 e. The van der Waals surface area contributed by atoms with Crippen molar-refractivity contribution in [2.24, 2.45) is 4.99 Å². The average molecular weight is 342 g/mol. The van der Waals surface area contributed by atoms with E-state index < -0.39 is 10.8 Å². The number of fused-ring (bicyclic) bond motifs is 1. The lowest BCUT2D eigenvalue weighted by Gasteiger charge is -2.41. The maximum atomic E-state index is 11.6.